The molecule has 2 aromatic carbocycles. The highest BCUT2D eigenvalue weighted by atomic mass is 32.2. The molecule has 1 atom stereocenters. The number of pyridine rings is 1. The minimum Gasteiger partial charge on any atom is -0.397 e. The van der Waals surface area contributed by atoms with E-state index < -0.39 is 21.5 Å². The van der Waals surface area contributed by atoms with E-state index in [9.17, 15) is 13.2 Å². The Kier molecular flexibility index (Phi) is 8.01. The summed E-state index contributed by atoms with van der Waals surface area (Å²) in [5.41, 5.74) is 14.2. The minimum atomic E-state index is -4.41. The Morgan fingerprint density at radius 3 is 2.47 bits per heavy atom. The molecule has 1 aliphatic rings. The van der Waals surface area contributed by atoms with Crippen molar-refractivity contribution >= 4 is 39.6 Å². The fraction of sp³-hybridized carbons (Fsp3) is 0.0833. The number of hydrogen-bond donors (Lipinski definition) is 4. The molecule has 0 aliphatic carbocycles. The monoisotopic (exact) mass is 479 g/mol. The van der Waals surface area contributed by atoms with Crippen LogP contribution in [0.15, 0.2) is 85.3 Å². The average Bonchev–Trinajstić information content (AvgIpc) is 2.82. The van der Waals surface area contributed by atoms with E-state index in [-0.39, 0.29) is 6.54 Å². The molecule has 0 saturated carbocycles. The molecule has 6 N–H and O–H groups in total. The van der Waals surface area contributed by atoms with Crippen LogP contribution in [-0.2, 0) is 21.5 Å². The van der Waals surface area contributed by atoms with Gasteiger partial charge in [0, 0.05) is 31.2 Å². The van der Waals surface area contributed by atoms with Gasteiger partial charge in [-0.15, -0.1) is 0 Å². The summed E-state index contributed by atoms with van der Waals surface area (Å²) in [6.07, 6.45) is 9.68. The van der Waals surface area contributed by atoms with Crippen LogP contribution in [-0.4, -0.2) is 34.3 Å². The molecule has 176 valence electrons. The van der Waals surface area contributed by atoms with E-state index in [4.69, 9.17) is 16.0 Å². The van der Waals surface area contributed by atoms with Gasteiger partial charge in [0.2, 0.25) is 11.4 Å². The van der Waals surface area contributed by atoms with Crippen molar-refractivity contribution in [3.05, 3.63) is 102 Å². The molecule has 1 aliphatic heterocycles. The topological polar surface area (TPSA) is 152 Å². The first-order valence-electron chi connectivity index (χ1n) is 10.2. The SMILES string of the molecule is Nc1cccc(C=Cc2ccccc2)c1N.O=C1C=CN(Cc2cccnc2)C(S(=O)(=O)O)N1. The number of amides is 1. The molecule has 0 saturated heterocycles. The van der Waals surface area contributed by atoms with Crippen molar-refractivity contribution in [2.45, 2.75) is 12.0 Å². The number of nitrogens with zero attached hydrogens (tertiary/aromatic N) is 2. The Balaban J connectivity index is 0.000000192. The molecule has 1 aromatic heterocycles. The number of aromatic nitrogens is 1. The van der Waals surface area contributed by atoms with Crippen LogP contribution < -0.4 is 16.8 Å². The van der Waals surface area contributed by atoms with Crippen LogP contribution in [0.5, 0.6) is 0 Å². The Hall–Kier alpha value is -4.15. The number of carbonyl (C=O) groups is 1. The summed E-state index contributed by atoms with van der Waals surface area (Å²) in [6, 6.07) is 19.2. The normalized spacial score (nSPS) is 15.5. The van der Waals surface area contributed by atoms with Crippen molar-refractivity contribution in [1.82, 2.24) is 15.2 Å². The second kappa shape index (κ2) is 11.1. The predicted molar refractivity (Wildman–Crippen MR) is 133 cm³/mol. The molecule has 0 radical (unpaired) electrons. The van der Waals surface area contributed by atoms with Crippen LogP contribution in [0.4, 0.5) is 11.4 Å². The summed E-state index contributed by atoms with van der Waals surface area (Å²) in [4.78, 5) is 16.3. The number of para-hydroxylation sites is 1. The van der Waals surface area contributed by atoms with Crippen LogP contribution in [0.2, 0.25) is 0 Å². The van der Waals surface area contributed by atoms with E-state index in [0.717, 1.165) is 16.7 Å². The Labute approximate surface area is 198 Å². The highest BCUT2D eigenvalue weighted by Crippen LogP contribution is 2.21. The molecule has 10 heteroatoms. The molecule has 2 heterocycles. The van der Waals surface area contributed by atoms with E-state index in [1.807, 2.05) is 54.6 Å². The first kappa shape index (κ1) is 24.5. The Morgan fingerprint density at radius 1 is 1.03 bits per heavy atom. The summed E-state index contributed by atoms with van der Waals surface area (Å²) < 4.78 is 31.4. The average molecular weight is 480 g/mol. The van der Waals surface area contributed by atoms with Gasteiger partial charge in [0.15, 0.2) is 0 Å². The third kappa shape index (κ3) is 6.92. The van der Waals surface area contributed by atoms with Gasteiger partial charge < -0.3 is 21.7 Å². The van der Waals surface area contributed by atoms with Crippen LogP contribution in [0.25, 0.3) is 12.2 Å². The summed E-state index contributed by atoms with van der Waals surface area (Å²) >= 11 is 0. The first-order valence-corrected chi connectivity index (χ1v) is 11.7. The molecule has 0 fully saturated rings. The molecule has 9 nitrogen and oxygen atoms in total. The molecular weight excluding hydrogens is 454 g/mol. The smallest absolute Gasteiger partial charge is 0.306 e. The first-order chi connectivity index (χ1) is 16.2. The lowest BCUT2D eigenvalue weighted by atomic mass is 10.1. The van der Waals surface area contributed by atoms with E-state index in [0.29, 0.717) is 11.4 Å². The number of nitrogens with one attached hydrogen (secondary N) is 1. The molecule has 1 unspecified atom stereocenters. The zero-order chi connectivity index (χ0) is 24.6. The van der Waals surface area contributed by atoms with Gasteiger partial charge >= 0.3 is 10.1 Å². The predicted octanol–water partition coefficient (Wildman–Crippen LogP) is 2.72. The molecule has 1 amide bonds. The molecular formula is C24H25N5O4S. The second-order valence-corrected chi connectivity index (χ2v) is 8.80. The number of benzene rings is 2. The van der Waals surface area contributed by atoms with Crippen LogP contribution >= 0.6 is 0 Å². The zero-order valence-corrected chi connectivity index (χ0v) is 19.0. The summed E-state index contributed by atoms with van der Waals surface area (Å²) in [6.45, 7) is 0.203. The van der Waals surface area contributed by atoms with Gasteiger partial charge in [0.05, 0.1) is 11.4 Å². The fourth-order valence-corrected chi connectivity index (χ4v) is 3.83. The van der Waals surface area contributed by atoms with Crippen molar-refractivity contribution in [3.8, 4) is 0 Å². The largest absolute Gasteiger partial charge is 0.397 e. The molecule has 4 rings (SSSR count). The lowest BCUT2D eigenvalue weighted by Crippen LogP contribution is -2.52. The van der Waals surface area contributed by atoms with Crippen LogP contribution in [0.3, 0.4) is 0 Å². The zero-order valence-electron chi connectivity index (χ0n) is 18.2. The van der Waals surface area contributed by atoms with Gasteiger partial charge in [-0.3, -0.25) is 14.3 Å². The number of hydrogen-bond acceptors (Lipinski definition) is 7. The minimum absolute atomic E-state index is 0.203. The maximum Gasteiger partial charge on any atom is 0.306 e. The summed E-state index contributed by atoms with van der Waals surface area (Å²) in [5, 5.41) is 2.17. The molecule has 3 aromatic rings. The van der Waals surface area contributed by atoms with Gasteiger partial charge in [-0.2, -0.15) is 8.42 Å². The maximum absolute atomic E-state index is 11.2. The standard InChI is InChI=1S/C14H14N2.C10H11N3O4S/c15-13-8-4-7-12(14(13)16)10-9-11-5-2-1-3-6-11;14-9-3-5-13(10(12-9)18(15,16)17)7-8-2-1-4-11-6-8/h1-10H,15-16H2;1-6,10H,7H2,(H,12,14)(H,15,16,17). The third-order valence-electron chi connectivity index (χ3n) is 4.78. The van der Waals surface area contributed by atoms with Gasteiger partial charge in [0.25, 0.3) is 0 Å². The quantitative estimate of drug-likeness (QED) is 0.248. The van der Waals surface area contributed by atoms with Gasteiger partial charge in [-0.1, -0.05) is 60.7 Å². The third-order valence-corrected chi connectivity index (χ3v) is 5.74. The van der Waals surface area contributed by atoms with Crippen molar-refractivity contribution in [1.29, 1.82) is 0 Å². The lowest BCUT2D eigenvalue weighted by Gasteiger charge is -2.31. The number of nitrogen functional groups attached to an aromatic ring is 2. The lowest BCUT2D eigenvalue weighted by molar-refractivity contribution is -0.118. The number of anilines is 2. The second-order valence-electron chi connectivity index (χ2n) is 7.32. The van der Waals surface area contributed by atoms with Crippen LogP contribution in [0.1, 0.15) is 16.7 Å². The van der Waals surface area contributed by atoms with Gasteiger partial charge in [0.1, 0.15) is 0 Å². The highest BCUT2D eigenvalue weighted by Gasteiger charge is 2.32. The Morgan fingerprint density at radius 2 is 1.79 bits per heavy atom. The molecule has 0 bridgehead atoms. The fourth-order valence-electron chi connectivity index (χ4n) is 3.08. The Bertz CT molecular complexity index is 1280. The number of rotatable bonds is 5. The molecule has 34 heavy (non-hydrogen) atoms. The number of nitrogens with two attached hydrogens (primary N) is 2. The van der Waals surface area contributed by atoms with E-state index in [1.54, 1.807) is 30.6 Å². The summed E-state index contributed by atoms with van der Waals surface area (Å²) in [5.74, 6) is -0.569. The molecule has 0 spiro atoms. The van der Waals surface area contributed by atoms with Gasteiger partial charge in [-0.25, -0.2) is 0 Å². The van der Waals surface area contributed by atoms with Crippen molar-refractivity contribution in [3.63, 3.8) is 0 Å². The number of carbonyl (C=O) groups excluding carboxylic acids is 1. The van der Waals surface area contributed by atoms with E-state index in [2.05, 4.69) is 10.3 Å². The van der Waals surface area contributed by atoms with Crippen LogP contribution in [0, 0.1) is 0 Å². The van der Waals surface area contributed by atoms with E-state index >= 15 is 0 Å². The highest BCUT2D eigenvalue weighted by molar-refractivity contribution is 7.86. The van der Waals surface area contributed by atoms with E-state index in [1.165, 1.54) is 17.2 Å². The van der Waals surface area contributed by atoms with Crippen molar-refractivity contribution < 1.29 is 17.8 Å². The summed E-state index contributed by atoms with van der Waals surface area (Å²) in [7, 11) is -4.41. The van der Waals surface area contributed by atoms with Gasteiger partial charge in [-0.05, 0) is 28.8 Å². The van der Waals surface area contributed by atoms with Crippen molar-refractivity contribution in [2.24, 2.45) is 0 Å². The maximum atomic E-state index is 11.2. The van der Waals surface area contributed by atoms with Crippen molar-refractivity contribution in [2.75, 3.05) is 11.5 Å².